The second-order valence-electron chi connectivity index (χ2n) is 9.27. The van der Waals surface area contributed by atoms with E-state index in [1.54, 1.807) is 0 Å². The Morgan fingerprint density at radius 3 is 2.25 bits per heavy atom. The molecule has 0 unspecified atom stereocenters. The van der Waals surface area contributed by atoms with Gasteiger partial charge < -0.3 is 19.9 Å². The van der Waals surface area contributed by atoms with Crippen LogP contribution in [0.15, 0.2) is 24.3 Å². The predicted octanol–water partition coefficient (Wildman–Crippen LogP) is 6.98. The van der Waals surface area contributed by atoms with Crippen LogP contribution in [0.5, 0.6) is 0 Å². The highest BCUT2D eigenvalue weighted by atomic mass is 35.5. The number of hydrogen-bond acceptors (Lipinski definition) is 3. The maximum absolute atomic E-state index is 6.18. The number of nitrogens with zero attached hydrogens (tertiary/aromatic N) is 2. The van der Waals surface area contributed by atoms with Gasteiger partial charge in [0.25, 0.3) is 0 Å². The van der Waals surface area contributed by atoms with Crippen LogP contribution in [-0.2, 0) is 4.74 Å². The molecule has 6 heteroatoms. The van der Waals surface area contributed by atoms with Gasteiger partial charge in [0, 0.05) is 30.4 Å². The van der Waals surface area contributed by atoms with Crippen LogP contribution in [0.2, 0.25) is 5.02 Å². The molecule has 1 aromatic carbocycles. The van der Waals surface area contributed by atoms with E-state index in [0.717, 1.165) is 48.1 Å². The molecule has 0 atom stereocenters. The smallest absolute Gasteiger partial charge is 0.173 e. The molecule has 4 nitrogen and oxygen atoms in total. The molecular formula is C26H44ClN3OS. The lowest BCUT2D eigenvalue weighted by Gasteiger charge is -2.36. The lowest BCUT2D eigenvalue weighted by Crippen LogP contribution is -2.42. The maximum atomic E-state index is 6.18. The van der Waals surface area contributed by atoms with Crippen molar-refractivity contribution in [1.82, 2.24) is 9.80 Å². The van der Waals surface area contributed by atoms with E-state index < -0.39 is 0 Å². The molecule has 0 bridgehead atoms. The molecule has 32 heavy (non-hydrogen) atoms. The zero-order chi connectivity index (χ0) is 23.2. The number of halogens is 1. The third-order valence-electron chi connectivity index (χ3n) is 6.54. The van der Waals surface area contributed by atoms with Gasteiger partial charge >= 0.3 is 0 Å². The molecule has 0 saturated heterocycles. The van der Waals surface area contributed by atoms with E-state index in [-0.39, 0.29) is 0 Å². The lowest BCUT2D eigenvalue weighted by molar-refractivity contribution is 0.0149. The van der Waals surface area contributed by atoms with Crippen molar-refractivity contribution in [2.75, 3.05) is 39.1 Å². The fraction of sp³-hybridized carbons (Fsp3) is 0.731. The number of thiocarbonyl (C=S) groups is 1. The van der Waals surface area contributed by atoms with Crippen molar-refractivity contribution in [3.63, 3.8) is 0 Å². The molecule has 0 amide bonds. The fourth-order valence-corrected chi connectivity index (χ4v) is 4.73. The third kappa shape index (κ3) is 10.8. The Kier molecular flexibility index (Phi) is 13.6. The molecule has 1 aliphatic rings. The van der Waals surface area contributed by atoms with Crippen molar-refractivity contribution in [2.24, 2.45) is 0 Å². The van der Waals surface area contributed by atoms with E-state index in [2.05, 4.69) is 36.1 Å². The Morgan fingerprint density at radius 2 is 1.59 bits per heavy atom. The summed E-state index contributed by atoms with van der Waals surface area (Å²) < 4.78 is 6.18. The number of ether oxygens (including phenoxy) is 1. The number of hydrogen-bond donors (Lipinski definition) is 1. The van der Waals surface area contributed by atoms with Crippen molar-refractivity contribution in [2.45, 2.75) is 89.7 Å². The average molecular weight is 482 g/mol. The topological polar surface area (TPSA) is 27.7 Å². The number of nitrogens with one attached hydrogen (secondary N) is 1. The van der Waals surface area contributed by atoms with Crippen LogP contribution < -0.4 is 5.32 Å². The number of benzene rings is 1. The number of rotatable bonds is 14. The molecule has 1 saturated carbocycles. The quantitative estimate of drug-likeness (QED) is 0.228. The second-order valence-corrected chi connectivity index (χ2v) is 10.1. The van der Waals surface area contributed by atoms with Gasteiger partial charge in [-0.1, -0.05) is 44.2 Å². The minimum Gasteiger partial charge on any atom is -0.378 e. The van der Waals surface area contributed by atoms with Gasteiger partial charge in [-0.25, -0.2) is 0 Å². The van der Waals surface area contributed by atoms with Crippen LogP contribution >= 0.6 is 23.8 Å². The van der Waals surface area contributed by atoms with Crippen LogP contribution in [0.3, 0.4) is 0 Å². The normalized spacial score (nSPS) is 18.7. The Labute approximate surface area is 207 Å². The van der Waals surface area contributed by atoms with E-state index in [9.17, 15) is 0 Å². The van der Waals surface area contributed by atoms with Gasteiger partial charge in [0.05, 0.1) is 6.10 Å². The van der Waals surface area contributed by atoms with Gasteiger partial charge in [-0.2, -0.15) is 0 Å². The fourth-order valence-electron chi connectivity index (χ4n) is 4.34. The van der Waals surface area contributed by atoms with E-state index in [1.165, 1.54) is 58.0 Å². The van der Waals surface area contributed by atoms with Crippen molar-refractivity contribution < 1.29 is 4.74 Å². The molecule has 0 aromatic heterocycles. The van der Waals surface area contributed by atoms with Crippen LogP contribution in [0.4, 0.5) is 5.69 Å². The molecule has 0 radical (unpaired) electrons. The van der Waals surface area contributed by atoms with Crippen LogP contribution in [0.25, 0.3) is 0 Å². The predicted molar refractivity (Wildman–Crippen MR) is 143 cm³/mol. The SMILES string of the molecule is CCCCCN(C)CCCCCCO[C@H]1CC[C@H](N(C)C(=S)Nc2ccc(Cl)cc2)CC1. The van der Waals surface area contributed by atoms with Crippen LogP contribution in [-0.4, -0.2) is 60.8 Å². The van der Waals surface area contributed by atoms with E-state index >= 15 is 0 Å². The molecule has 1 fully saturated rings. The zero-order valence-electron chi connectivity index (χ0n) is 20.5. The van der Waals surface area contributed by atoms with Crippen LogP contribution in [0, 0.1) is 0 Å². The summed E-state index contributed by atoms with van der Waals surface area (Å²) in [4.78, 5) is 4.69. The lowest BCUT2D eigenvalue weighted by atomic mass is 9.92. The summed E-state index contributed by atoms with van der Waals surface area (Å²) >= 11 is 11.6. The van der Waals surface area contributed by atoms with E-state index in [0.29, 0.717) is 12.1 Å². The molecule has 0 spiro atoms. The summed E-state index contributed by atoms with van der Waals surface area (Å²) in [5.41, 5.74) is 0.978. The van der Waals surface area contributed by atoms with Crippen molar-refractivity contribution in [3.8, 4) is 0 Å². The highest BCUT2D eigenvalue weighted by Gasteiger charge is 2.25. The summed E-state index contributed by atoms with van der Waals surface area (Å²) in [6.45, 7) is 5.66. The number of unbranched alkanes of at least 4 members (excludes halogenated alkanes) is 5. The summed E-state index contributed by atoms with van der Waals surface area (Å²) in [6, 6.07) is 8.15. The van der Waals surface area contributed by atoms with Gasteiger partial charge in [-0.05, 0) is 102 Å². The highest BCUT2D eigenvalue weighted by molar-refractivity contribution is 7.80. The Balaban J connectivity index is 1.50. The minimum atomic E-state index is 0.419. The molecule has 1 aliphatic carbocycles. The maximum Gasteiger partial charge on any atom is 0.173 e. The molecule has 0 heterocycles. The van der Waals surface area contributed by atoms with E-state index in [1.807, 2.05) is 24.3 Å². The van der Waals surface area contributed by atoms with Gasteiger partial charge in [0.15, 0.2) is 5.11 Å². The van der Waals surface area contributed by atoms with Crippen molar-refractivity contribution >= 4 is 34.6 Å². The summed E-state index contributed by atoms with van der Waals surface area (Å²) in [6.07, 6.45) is 14.0. The summed E-state index contributed by atoms with van der Waals surface area (Å²) in [5.74, 6) is 0. The first-order chi connectivity index (χ1) is 15.5. The first kappa shape index (κ1) is 27.4. The van der Waals surface area contributed by atoms with Gasteiger partial charge in [-0.3, -0.25) is 0 Å². The highest BCUT2D eigenvalue weighted by Crippen LogP contribution is 2.25. The molecular weight excluding hydrogens is 438 g/mol. The number of anilines is 1. The average Bonchev–Trinajstić information content (AvgIpc) is 2.80. The molecule has 1 N–H and O–H groups in total. The molecule has 1 aromatic rings. The standard InChI is InChI=1S/C26H44ClN3OS/c1-4-5-8-19-29(2)20-9-6-7-10-21-31-25-17-15-24(16-18-25)30(3)26(32)28-23-13-11-22(27)12-14-23/h11-14,24-25H,4-10,15-21H2,1-3H3,(H,28,32)/t24-,25-. The Hall–Kier alpha value is -0.880. The minimum absolute atomic E-state index is 0.419. The van der Waals surface area contributed by atoms with E-state index in [4.69, 9.17) is 28.6 Å². The third-order valence-corrected chi connectivity index (χ3v) is 7.18. The summed E-state index contributed by atoms with van der Waals surface area (Å²) in [5, 5.41) is 4.83. The monoisotopic (exact) mass is 481 g/mol. The first-order valence-electron chi connectivity index (χ1n) is 12.6. The van der Waals surface area contributed by atoms with Crippen molar-refractivity contribution in [1.29, 1.82) is 0 Å². The van der Waals surface area contributed by atoms with Gasteiger partial charge in [0.2, 0.25) is 0 Å². The molecule has 2 rings (SSSR count). The largest absolute Gasteiger partial charge is 0.378 e. The van der Waals surface area contributed by atoms with Gasteiger partial charge in [-0.15, -0.1) is 0 Å². The molecule has 182 valence electrons. The van der Waals surface area contributed by atoms with Crippen LogP contribution in [0.1, 0.15) is 77.6 Å². The Morgan fingerprint density at radius 1 is 0.969 bits per heavy atom. The Bertz CT molecular complexity index is 634. The second kappa shape index (κ2) is 15.9. The zero-order valence-corrected chi connectivity index (χ0v) is 22.0. The van der Waals surface area contributed by atoms with Crippen molar-refractivity contribution in [3.05, 3.63) is 29.3 Å². The summed E-state index contributed by atoms with van der Waals surface area (Å²) in [7, 11) is 4.35. The van der Waals surface area contributed by atoms with Gasteiger partial charge in [0.1, 0.15) is 0 Å². The molecule has 0 aliphatic heterocycles. The first-order valence-corrected chi connectivity index (χ1v) is 13.4.